The topological polar surface area (TPSA) is 32.6 Å². The molecule has 0 radical (unpaired) electrons. The summed E-state index contributed by atoms with van der Waals surface area (Å²) in [5.41, 5.74) is 1.83. The van der Waals surface area contributed by atoms with Crippen molar-refractivity contribution in [2.45, 2.75) is 9.79 Å². The van der Waals surface area contributed by atoms with Crippen LogP contribution in [0.1, 0.15) is 5.56 Å². The van der Waals surface area contributed by atoms with Crippen LogP contribution < -0.4 is 0 Å². The van der Waals surface area contributed by atoms with Crippen LogP contribution in [0.4, 0.5) is 5.69 Å². The van der Waals surface area contributed by atoms with E-state index in [0.29, 0.717) is 0 Å². The number of benzene rings is 3. The number of hydrogen-bond donors (Lipinski definition) is 1. The SMILES string of the molecule is Oc1ccc(N=Cc2ccc(Sc3ccc(Cl)cc3)cc2)cc1. The third kappa shape index (κ3) is 4.62. The van der Waals surface area contributed by atoms with E-state index in [9.17, 15) is 5.11 Å². The molecule has 2 nitrogen and oxygen atoms in total. The van der Waals surface area contributed by atoms with Gasteiger partial charge in [0.15, 0.2) is 0 Å². The standard InChI is InChI=1S/C19H14ClNOS/c20-15-3-11-19(12-4-15)23-18-9-1-14(2-10-18)13-21-16-5-7-17(22)8-6-16/h1-13,22H. The van der Waals surface area contributed by atoms with Gasteiger partial charge in [-0.1, -0.05) is 35.5 Å². The first-order valence-corrected chi connectivity index (χ1v) is 8.25. The molecule has 0 bridgehead atoms. The first kappa shape index (κ1) is 15.7. The summed E-state index contributed by atoms with van der Waals surface area (Å²) in [4.78, 5) is 6.70. The zero-order valence-electron chi connectivity index (χ0n) is 12.2. The van der Waals surface area contributed by atoms with Crippen molar-refractivity contribution in [2.24, 2.45) is 4.99 Å². The average molecular weight is 340 g/mol. The van der Waals surface area contributed by atoms with E-state index in [1.54, 1.807) is 36.0 Å². The predicted octanol–water partition coefficient (Wildman–Crippen LogP) is 5.95. The van der Waals surface area contributed by atoms with Crippen LogP contribution >= 0.6 is 23.4 Å². The molecule has 0 aromatic heterocycles. The molecule has 1 N–H and O–H groups in total. The molecule has 0 atom stereocenters. The highest BCUT2D eigenvalue weighted by Crippen LogP contribution is 2.28. The number of phenols is 1. The lowest BCUT2D eigenvalue weighted by molar-refractivity contribution is 0.475. The summed E-state index contributed by atoms with van der Waals surface area (Å²) in [5, 5.41) is 9.99. The normalized spacial score (nSPS) is 11.0. The summed E-state index contributed by atoms with van der Waals surface area (Å²) in [5.74, 6) is 0.243. The van der Waals surface area contributed by atoms with E-state index in [2.05, 4.69) is 17.1 Å². The van der Waals surface area contributed by atoms with Crippen molar-refractivity contribution in [3.05, 3.63) is 83.4 Å². The molecule has 23 heavy (non-hydrogen) atoms. The number of phenolic OH excluding ortho intramolecular Hbond substituents is 1. The molecule has 0 heterocycles. The van der Waals surface area contributed by atoms with Gasteiger partial charge in [0.05, 0.1) is 5.69 Å². The van der Waals surface area contributed by atoms with Gasteiger partial charge in [-0.3, -0.25) is 4.99 Å². The fourth-order valence-electron chi connectivity index (χ4n) is 1.95. The fourth-order valence-corrected chi connectivity index (χ4v) is 2.89. The van der Waals surface area contributed by atoms with E-state index >= 15 is 0 Å². The monoisotopic (exact) mass is 339 g/mol. The summed E-state index contributed by atoms with van der Waals surface area (Å²) in [7, 11) is 0. The van der Waals surface area contributed by atoms with Crippen LogP contribution in [0.5, 0.6) is 5.75 Å². The highest BCUT2D eigenvalue weighted by atomic mass is 35.5. The van der Waals surface area contributed by atoms with Crippen LogP contribution in [0.25, 0.3) is 0 Å². The minimum atomic E-state index is 0.243. The molecule has 0 aliphatic carbocycles. The average Bonchev–Trinajstić information content (AvgIpc) is 2.58. The summed E-state index contributed by atoms with van der Waals surface area (Å²) >= 11 is 7.58. The Labute approximate surface area is 144 Å². The molecule has 0 fully saturated rings. The second kappa shape index (κ2) is 7.36. The Bertz CT molecular complexity index is 796. The van der Waals surface area contributed by atoms with Gasteiger partial charge in [0.25, 0.3) is 0 Å². The number of hydrogen-bond acceptors (Lipinski definition) is 3. The molecule has 3 aromatic carbocycles. The van der Waals surface area contributed by atoms with Crippen LogP contribution in [-0.2, 0) is 0 Å². The summed E-state index contributed by atoms with van der Waals surface area (Å²) in [6.07, 6.45) is 1.81. The van der Waals surface area contributed by atoms with Crippen LogP contribution in [0.3, 0.4) is 0 Å². The molecule has 0 aliphatic rings. The van der Waals surface area contributed by atoms with Gasteiger partial charge in [-0.05, 0) is 66.2 Å². The Hall–Kier alpha value is -2.23. The van der Waals surface area contributed by atoms with Gasteiger partial charge < -0.3 is 5.11 Å². The number of rotatable bonds is 4. The molecule has 0 saturated carbocycles. The zero-order chi connectivity index (χ0) is 16.1. The minimum Gasteiger partial charge on any atom is -0.508 e. The molecule has 4 heteroatoms. The van der Waals surface area contributed by atoms with Crippen LogP contribution in [-0.4, -0.2) is 11.3 Å². The van der Waals surface area contributed by atoms with Crippen molar-refractivity contribution in [3.63, 3.8) is 0 Å². The van der Waals surface area contributed by atoms with Gasteiger partial charge in [0, 0.05) is 21.0 Å². The van der Waals surface area contributed by atoms with E-state index in [-0.39, 0.29) is 5.75 Å². The van der Waals surface area contributed by atoms with E-state index < -0.39 is 0 Å². The third-order valence-corrected chi connectivity index (χ3v) is 4.41. The van der Waals surface area contributed by atoms with Gasteiger partial charge in [-0.2, -0.15) is 0 Å². The Morgan fingerprint density at radius 3 is 1.96 bits per heavy atom. The number of nitrogens with zero attached hydrogens (tertiary/aromatic N) is 1. The second-order valence-electron chi connectivity index (χ2n) is 4.90. The predicted molar refractivity (Wildman–Crippen MR) is 97.4 cm³/mol. The van der Waals surface area contributed by atoms with E-state index in [4.69, 9.17) is 11.6 Å². The van der Waals surface area contributed by atoms with Gasteiger partial charge in [-0.15, -0.1) is 0 Å². The maximum Gasteiger partial charge on any atom is 0.115 e. The molecule has 0 saturated heterocycles. The lowest BCUT2D eigenvalue weighted by atomic mass is 10.2. The number of aromatic hydroxyl groups is 1. The molecule has 0 aliphatic heterocycles. The number of aliphatic imine (C=N–C) groups is 1. The first-order valence-electron chi connectivity index (χ1n) is 7.06. The second-order valence-corrected chi connectivity index (χ2v) is 6.48. The Morgan fingerprint density at radius 1 is 0.783 bits per heavy atom. The van der Waals surface area contributed by atoms with Gasteiger partial charge in [0.2, 0.25) is 0 Å². The lowest BCUT2D eigenvalue weighted by Crippen LogP contribution is -1.81. The fraction of sp³-hybridized carbons (Fsp3) is 0. The van der Waals surface area contributed by atoms with Crippen molar-refractivity contribution in [3.8, 4) is 5.75 Å². The first-order chi connectivity index (χ1) is 11.2. The summed E-state index contributed by atoms with van der Waals surface area (Å²) in [6, 6.07) is 22.8. The minimum absolute atomic E-state index is 0.243. The highest BCUT2D eigenvalue weighted by molar-refractivity contribution is 7.99. The van der Waals surface area contributed by atoms with Crippen molar-refractivity contribution in [1.82, 2.24) is 0 Å². The molecule has 0 spiro atoms. The highest BCUT2D eigenvalue weighted by Gasteiger charge is 1.98. The van der Waals surface area contributed by atoms with E-state index in [0.717, 1.165) is 26.1 Å². The van der Waals surface area contributed by atoms with Crippen molar-refractivity contribution >= 4 is 35.3 Å². The van der Waals surface area contributed by atoms with Crippen LogP contribution in [0.2, 0.25) is 5.02 Å². The van der Waals surface area contributed by atoms with Crippen molar-refractivity contribution in [1.29, 1.82) is 0 Å². The zero-order valence-corrected chi connectivity index (χ0v) is 13.8. The van der Waals surface area contributed by atoms with Crippen molar-refractivity contribution in [2.75, 3.05) is 0 Å². The Morgan fingerprint density at radius 2 is 1.35 bits per heavy atom. The summed E-state index contributed by atoms with van der Waals surface area (Å²) < 4.78 is 0. The molecule has 114 valence electrons. The van der Waals surface area contributed by atoms with Crippen molar-refractivity contribution < 1.29 is 5.11 Å². The molecular weight excluding hydrogens is 326 g/mol. The largest absolute Gasteiger partial charge is 0.508 e. The molecule has 0 unspecified atom stereocenters. The maximum atomic E-state index is 9.25. The Kier molecular flexibility index (Phi) is 5.01. The molecule has 3 aromatic rings. The quantitative estimate of drug-likeness (QED) is 0.596. The van der Waals surface area contributed by atoms with Gasteiger partial charge >= 0.3 is 0 Å². The van der Waals surface area contributed by atoms with E-state index in [1.165, 1.54) is 0 Å². The number of halogens is 1. The van der Waals surface area contributed by atoms with Gasteiger partial charge in [-0.25, -0.2) is 0 Å². The third-order valence-electron chi connectivity index (χ3n) is 3.14. The molecule has 3 rings (SSSR count). The smallest absolute Gasteiger partial charge is 0.115 e. The summed E-state index contributed by atoms with van der Waals surface area (Å²) in [6.45, 7) is 0. The maximum absolute atomic E-state index is 9.25. The molecular formula is C19H14ClNOS. The molecule has 0 amide bonds. The van der Waals surface area contributed by atoms with Crippen LogP contribution in [0, 0.1) is 0 Å². The van der Waals surface area contributed by atoms with Gasteiger partial charge in [0.1, 0.15) is 5.75 Å². The lowest BCUT2D eigenvalue weighted by Gasteiger charge is -2.02. The Balaban J connectivity index is 1.67. The van der Waals surface area contributed by atoms with Crippen LogP contribution in [0.15, 0.2) is 87.6 Å². The van der Waals surface area contributed by atoms with E-state index in [1.807, 2.05) is 42.6 Å².